The monoisotopic (exact) mass is 240 g/mol. The largest absolute Gasteiger partial charge is 0.140 e. The second-order valence-corrected chi connectivity index (χ2v) is 5.81. The number of benzene rings is 2. The lowest BCUT2D eigenvalue weighted by molar-refractivity contribution is 0.748. The van der Waals surface area contributed by atoms with Crippen LogP contribution in [0.15, 0.2) is 42.5 Å². The van der Waals surface area contributed by atoms with Crippen molar-refractivity contribution in [1.82, 2.24) is 0 Å². The first-order valence-corrected chi connectivity index (χ1v) is 7.02. The van der Waals surface area contributed by atoms with Crippen molar-refractivity contribution in [2.45, 2.75) is 26.2 Å². The van der Waals surface area contributed by atoms with Gasteiger partial charge in [-0.05, 0) is 46.7 Å². The van der Waals surface area contributed by atoms with Gasteiger partial charge in [-0.3, -0.25) is 0 Å². The molecule has 2 aromatic carbocycles. The standard InChI is InChI=1S/C16H16S/c1-3-11(2)15-10-14-8-12-6-4-5-7-13(12)9-16(14)17-15/h4-11H,3H2,1-2H3. The van der Waals surface area contributed by atoms with E-state index in [4.69, 9.17) is 0 Å². The van der Waals surface area contributed by atoms with E-state index in [1.165, 1.54) is 32.2 Å². The van der Waals surface area contributed by atoms with Crippen molar-refractivity contribution in [3.8, 4) is 0 Å². The predicted molar refractivity (Wildman–Crippen MR) is 78.0 cm³/mol. The van der Waals surface area contributed by atoms with Gasteiger partial charge in [-0.15, -0.1) is 11.3 Å². The molecule has 3 aromatic rings. The summed E-state index contributed by atoms with van der Waals surface area (Å²) in [6.45, 7) is 4.57. The third kappa shape index (κ3) is 1.85. The fourth-order valence-corrected chi connectivity index (χ4v) is 3.42. The van der Waals surface area contributed by atoms with Crippen LogP contribution in [0.1, 0.15) is 31.1 Å². The molecule has 86 valence electrons. The van der Waals surface area contributed by atoms with Crippen LogP contribution >= 0.6 is 11.3 Å². The first-order chi connectivity index (χ1) is 8.28. The lowest BCUT2D eigenvalue weighted by Crippen LogP contribution is -1.84. The van der Waals surface area contributed by atoms with Gasteiger partial charge in [-0.1, -0.05) is 38.1 Å². The molecular weight excluding hydrogens is 224 g/mol. The third-order valence-corrected chi connectivity index (χ3v) is 4.83. The molecule has 3 rings (SSSR count). The maximum Gasteiger partial charge on any atom is 0.0352 e. The minimum absolute atomic E-state index is 0.676. The molecule has 0 aliphatic carbocycles. The number of fused-ring (bicyclic) bond motifs is 2. The minimum atomic E-state index is 0.676. The van der Waals surface area contributed by atoms with Crippen molar-refractivity contribution < 1.29 is 0 Å². The summed E-state index contributed by atoms with van der Waals surface area (Å²) in [5.74, 6) is 0.676. The molecule has 0 spiro atoms. The second-order valence-electron chi connectivity index (χ2n) is 4.70. The third-order valence-electron chi connectivity index (χ3n) is 3.50. The second kappa shape index (κ2) is 4.15. The summed E-state index contributed by atoms with van der Waals surface area (Å²) in [6.07, 6.45) is 1.21. The van der Waals surface area contributed by atoms with E-state index in [0.717, 1.165) is 0 Å². The Hall–Kier alpha value is -1.34. The molecule has 0 aliphatic rings. The van der Waals surface area contributed by atoms with Crippen LogP contribution in [0.25, 0.3) is 20.9 Å². The summed E-state index contributed by atoms with van der Waals surface area (Å²) in [7, 11) is 0. The normalized spacial score (nSPS) is 13.3. The number of hydrogen-bond donors (Lipinski definition) is 0. The van der Waals surface area contributed by atoms with Gasteiger partial charge < -0.3 is 0 Å². The average molecular weight is 240 g/mol. The van der Waals surface area contributed by atoms with Crippen LogP contribution in [0.4, 0.5) is 0 Å². The Morgan fingerprint density at radius 3 is 2.41 bits per heavy atom. The Morgan fingerprint density at radius 1 is 1.00 bits per heavy atom. The molecule has 1 heteroatoms. The van der Waals surface area contributed by atoms with E-state index >= 15 is 0 Å². The van der Waals surface area contributed by atoms with E-state index in [0.29, 0.717) is 5.92 Å². The summed E-state index contributed by atoms with van der Waals surface area (Å²) in [5, 5.41) is 4.08. The van der Waals surface area contributed by atoms with Crippen LogP contribution < -0.4 is 0 Å². The Morgan fingerprint density at radius 2 is 1.71 bits per heavy atom. The Labute approximate surface area is 106 Å². The molecule has 0 saturated carbocycles. The maximum atomic E-state index is 2.36. The molecule has 0 bridgehead atoms. The topological polar surface area (TPSA) is 0 Å². The number of rotatable bonds is 2. The van der Waals surface area contributed by atoms with Crippen LogP contribution in [-0.4, -0.2) is 0 Å². The van der Waals surface area contributed by atoms with E-state index in [9.17, 15) is 0 Å². The highest BCUT2D eigenvalue weighted by atomic mass is 32.1. The van der Waals surface area contributed by atoms with Gasteiger partial charge >= 0.3 is 0 Å². The van der Waals surface area contributed by atoms with Crippen molar-refractivity contribution in [3.63, 3.8) is 0 Å². The first-order valence-electron chi connectivity index (χ1n) is 6.20. The molecule has 0 saturated heterocycles. The number of hydrogen-bond acceptors (Lipinski definition) is 1. The molecule has 1 atom stereocenters. The molecular formula is C16H16S. The molecule has 17 heavy (non-hydrogen) atoms. The fourth-order valence-electron chi connectivity index (χ4n) is 2.19. The average Bonchev–Trinajstić information content (AvgIpc) is 2.77. The smallest absolute Gasteiger partial charge is 0.0352 e. The Balaban J connectivity index is 2.24. The van der Waals surface area contributed by atoms with Crippen molar-refractivity contribution in [2.24, 2.45) is 0 Å². The molecule has 0 fully saturated rings. The maximum absolute atomic E-state index is 2.36. The summed E-state index contributed by atoms with van der Waals surface area (Å²) in [6, 6.07) is 15.6. The Kier molecular flexibility index (Phi) is 2.64. The summed E-state index contributed by atoms with van der Waals surface area (Å²) < 4.78 is 1.42. The predicted octanol–water partition coefficient (Wildman–Crippen LogP) is 5.57. The highest BCUT2D eigenvalue weighted by Gasteiger charge is 2.08. The first kappa shape index (κ1) is 10.8. The van der Waals surface area contributed by atoms with Crippen LogP contribution in [0.5, 0.6) is 0 Å². The van der Waals surface area contributed by atoms with Gasteiger partial charge in [0.2, 0.25) is 0 Å². The van der Waals surface area contributed by atoms with Gasteiger partial charge in [0.25, 0.3) is 0 Å². The lowest BCUT2D eigenvalue weighted by Gasteiger charge is -2.02. The zero-order chi connectivity index (χ0) is 11.8. The van der Waals surface area contributed by atoms with Gasteiger partial charge in [0.15, 0.2) is 0 Å². The van der Waals surface area contributed by atoms with E-state index in [1.54, 1.807) is 0 Å². The fraction of sp³-hybridized carbons (Fsp3) is 0.250. The van der Waals surface area contributed by atoms with Crippen molar-refractivity contribution in [1.29, 1.82) is 0 Å². The van der Waals surface area contributed by atoms with Gasteiger partial charge in [0, 0.05) is 9.58 Å². The van der Waals surface area contributed by atoms with Gasteiger partial charge in [0.05, 0.1) is 0 Å². The minimum Gasteiger partial charge on any atom is -0.140 e. The van der Waals surface area contributed by atoms with Crippen LogP contribution in [0.3, 0.4) is 0 Å². The molecule has 1 heterocycles. The molecule has 1 aromatic heterocycles. The van der Waals surface area contributed by atoms with E-state index < -0.39 is 0 Å². The van der Waals surface area contributed by atoms with Crippen LogP contribution in [0.2, 0.25) is 0 Å². The van der Waals surface area contributed by atoms with Gasteiger partial charge in [-0.25, -0.2) is 0 Å². The van der Waals surface area contributed by atoms with Gasteiger partial charge in [-0.2, -0.15) is 0 Å². The molecule has 0 radical (unpaired) electrons. The van der Waals surface area contributed by atoms with Crippen LogP contribution in [-0.2, 0) is 0 Å². The van der Waals surface area contributed by atoms with E-state index in [2.05, 4.69) is 56.3 Å². The molecule has 1 unspecified atom stereocenters. The van der Waals surface area contributed by atoms with Crippen molar-refractivity contribution >= 4 is 32.2 Å². The lowest BCUT2D eigenvalue weighted by atomic mass is 10.1. The summed E-state index contributed by atoms with van der Waals surface area (Å²) in [5.41, 5.74) is 0. The summed E-state index contributed by atoms with van der Waals surface area (Å²) >= 11 is 1.94. The molecule has 0 aliphatic heterocycles. The quantitative estimate of drug-likeness (QED) is 0.549. The van der Waals surface area contributed by atoms with Crippen molar-refractivity contribution in [2.75, 3.05) is 0 Å². The summed E-state index contributed by atoms with van der Waals surface area (Å²) in [4.78, 5) is 1.51. The Bertz CT molecular complexity index is 611. The van der Waals surface area contributed by atoms with E-state index in [1.807, 2.05) is 11.3 Å². The van der Waals surface area contributed by atoms with Crippen LogP contribution in [0, 0.1) is 0 Å². The highest BCUT2D eigenvalue weighted by Crippen LogP contribution is 2.34. The molecule has 0 N–H and O–H groups in total. The zero-order valence-corrected chi connectivity index (χ0v) is 11.1. The SMILES string of the molecule is CCC(C)c1cc2cc3ccccc3cc2s1. The van der Waals surface area contributed by atoms with E-state index in [-0.39, 0.29) is 0 Å². The molecule has 0 amide bonds. The van der Waals surface area contributed by atoms with Gasteiger partial charge in [0.1, 0.15) is 0 Å². The molecule has 0 nitrogen and oxygen atoms in total. The van der Waals surface area contributed by atoms with Crippen molar-refractivity contribution in [3.05, 3.63) is 47.3 Å². The zero-order valence-electron chi connectivity index (χ0n) is 10.2. The number of thiophene rings is 1. The highest BCUT2D eigenvalue weighted by molar-refractivity contribution is 7.19.